The predicted molar refractivity (Wildman–Crippen MR) is 161 cm³/mol. The van der Waals surface area contributed by atoms with Gasteiger partial charge in [-0.25, -0.2) is 4.99 Å². The lowest BCUT2D eigenvalue weighted by atomic mass is 10.0. The van der Waals surface area contributed by atoms with Gasteiger partial charge in [0.2, 0.25) is 0 Å². The number of hydrogen-bond acceptors (Lipinski definition) is 6. The lowest BCUT2D eigenvalue weighted by Gasteiger charge is -2.24. The van der Waals surface area contributed by atoms with Gasteiger partial charge in [0.05, 0.1) is 15.8 Å². The number of anilines is 1. The van der Waals surface area contributed by atoms with E-state index in [4.69, 9.17) is 16.2 Å². The van der Waals surface area contributed by atoms with Crippen LogP contribution in [0.2, 0.25) is 0 Å². The summed E-state index contributed by atoms with van der Waals surface area (Å²) >= 11 is 2.79. The number of nitrogens with zero attached hydrogens (tertiary/aromatic N) is 2. The minimum Gasteiger partial charge on any atom is -0.480 e. The summed E-state index contributed by atoms with van der Waals surface area (Å²) in [6, 6.07) is 24.3. The Kier molecular flexibility index (Phi) is 6.91. The highest BCUT2D eigenvalue weighted by molar-refractivity contribution is 7.10. The first-order valence-electron chi connectivity index (χ1n) is 12.6. The number of benzene rings is 3. The molecule has 3 aromatic carbocycles. The van der Waals surface area contributed by atoms with E-state index in [1.807, 2.05) is 97.2 Å². The van der Waals surface area contributed by atoms with Crippen LogP contribution in [-0.2, 0) is 4.79 Å². The van der Waals surface area contributed by atoms with Gasteiger partial charge in [-0.3, -0.25) is 14.2 Å². The second-order valence-corrected chi connectivity index (χ2v) is 11.1. The van der Waals surface area contributed by atoms with Crippen LogP contribution in [0.1, 0.15) is 23.4 Å². The maximum Gasteiger partial charge on any atom is 0.271 e. The molecule has 0 spiro atoms. The average molecular weight is 562 g/mol. The van der Waals surface area contributed by atoms with E-state index in [0.717, 1.165) is 21.2 Å². The molecule has 0 saturated heterocycles. The predicted octanol–water partition coefficient (Wildman–Crippen LogP) is 5.10. The Morgan fingerprint density at radius 1 is 1.10 bits per heavy atom. The first kappa shape index (κ1) is 25.6. The van der Waals surface area contributed by atoms with Crippen molar-refractivity contribution in [2.75, 3.05) is 11.9 Å². The minimum absolute atomic E-state index is 0.109. The summed E-state index contributed by atoms with van der Waals surface area (Å²) in [7, 11) is 0. The summed E-state index contributed by atoms with van der Waals surface area (Å²) in [5.41, 5.74) is 2.22. The van der Waals surface area contributed by atoms with E-state index in [1.165, 1.54) is 22.7 Å². The molecule has 1 N–H and O–H groups in total. The Bertz CT molecular complexity index is 2000. The number of aromatic nitrogens is 1. The summed E-state index contributed by atoms with van der Waals surface area (Å²) in [5.74, 6) is 2.81. The fourth-order valence-corrected chi connectivity index (χ4v) is 6.70. The number of amides is 1. The molecule has 0 bridgehead atoms. The van der Waals surface area contributed by atoms with Gasteiger partial charge >= 0.3 is 0 Å². The van der Waals surface area contributed by atoms with Gasteiger partial charge in [0, 0.05) is 16.1 Å². The monoisotopic (exact) mass is 561 g/mol. The number of thiophene rings is 1. The van der Waals surface area contributed by atoms with Gasteiger partial charge < -0.3 is 10.1 Å². The van der Waals surface area contributed by atoms with Gasteiger partial charge in [-0.1, -0.05) is 71.9 Å². The maximum atomic E-state index is 14.1. The molecule has 8 heteroatoms. The van der Waals surface area contributed by atoms with Gasteiger partial charge in [0.15, 0.2) is 4.80 Å². The quantitative estimate of drug-likeness (QED) is 0.293. The van der Waals surface area contributed by atoms with E-state index in [2.05, 4.69) is 11.2 Å². The van der Waals surface area contributed by atoms with Gasteiger partial charge in [-0.2, -0.15) is 0 Å². The molecule has 1 atom stereocenters. The lowest BCUT2D eigenvalue weighted by Crippen LogP contribution is -2.40. The molecule has 1 aliphatic rings. The molecule has 5 aromatic rings. The molecule has 0 fully saturated rings. The molecule has 0 saturated carbocycles. The van der Waals surface area contributed by atoms with E-state index in [-0.39, 0.29) is 18.1 Å². The molecule has 0 unspecified atom stereocenters. The normalized spacial score (nSPS) is 14.9. The number of rotatable bonds is 6. The van der Waals surface area contributed by atoms with Crippen LogP contribution < -0.4 is 24.9 Å². The van der Waals surface area contributed by atoms with Crippen LogP contribution >= 0.6 is 22.7 Å². The van der Waals surface area contributed by atoms with E-state index in [9.17, 15) is 9.59 Å². The molecule has 0 radical (unpaired) electrons. The van der Waals surface area contributed by atoms with Crippen molar-refractivity contribution in [1.29, 1.82) is 0 Å². The standard InChI is InChI=1S/C32H23N3O3S2/c1-3-17-38-25-16-15-21-10-7-8-13-23(21)24(25)19-27-31(37)35-29(26-14-9-18-39-26)28(20(2)33-32(35)40-27)30(36)34-22-11-5-4-6-12-22/h1,4-16,18-19,29H,17H2,2H3,(H,34,36)/b27-19-/t29-/m1/s1. The zero-order chi connectivity index (χ0) is 27.6. The topological polar surface area (TPSA) is 72.7 Å². The fourth-order valence-electron chi connectivity index (χ4n) is 4.85. The molecule has 1 aliphatic heterocycles. The van der Waals surface area contributed by atoms with E-state index in [0.29, 0.717) is 32.0 Å². The van der Waals surface area contributed by atoms with Crippen molar-refractivity contribution in [1.82, 2.24) is 4.57 Å². The van der Waals surface area contributed by atoms with Crippen LogP contribution in [0.25, 0.3) is 16.8 Å². The first-order valence-corrected chi connectivity index (χ1v) is 14.2. The molecule has 3 heterocycles. The number of allylic oxidation sites excluding steroid dienone is 1. The fraction of sp³-hybridized carbons (Fsp3) is 0.0938. The average Bonchev–Trinajstić information content (AvgIpc) is 3.61. The number of carbonyl (C=O) groups is 1. The highest BCUT2D eigenvalue weighted by Gasteiger charge is 2.33. The summed E-state index contributed by atoms with van der Waals surface area (Å²) in [5, 5.41) is 6.87. The van der Waals surface area contributed by atoms with Crippen molar-refractivity contribution >= 4 is 51.1 Å². The number of terminal acetylenes is 1. The molecule has 196 valence electrons. The summed E-state index contributed by atoms with van der Waals surface area (Å²) in [6.45, 7) is 1.92. The van der Waals surface area contributed by atoms with E-state index < -0.39 is 6.04 Å². The number of fused-ring (bicyclic) bond motifs is 2. The molecule has 40 heavy (non-hydrogen) atoms. The zero-order valence-electron chi connectivity index (χ0n) is 21.5. The summed E-state index contributed by atoms with van der Waals surface area (Å²) in [4.78, 5) is 33.8. The third kappa shape index (κ3) is 4.66. The number of nitrogens with one attached hydrogen (secondary N) is 1. The summed E-state index contributed by atoms with van der Waals surface area (Å²) in [6.07, 6.45) is 7.30. The van der Waals surface area contributed by atoms with Gasteiger partial charge in [-0.15, -0.1) is 17.8 Å². The van der Waals surface area contributed by atoms with E-state index >= 15 is 0 Å². The SMILES string of the molecule is C#CCOc1ccc2ccccc2c1/C=c1\sc2n(c1=O)[C@H](c1cccs1)C(C(=O)Nc1ccccc1)=C(C)N=2. The highest BCUT2D eigenvalue weighted by Crippen LogP contribution is 2.33. The van der Waals surface area contributed by atoms with Crippen LogP contribution in [-0.4, -0.2) is 17.1 Å². The Balaban J connectivity index is 1.53. The smallest absolute Gasteiger partial charge is 0.271 e. The van der Waals surface area contributed by atoms with Crippen LogP contribution in [0.3, 0.4) is 0 Å². The Hall–Kier alpha value is -4.71. The van der Waals surface area contributed by atoms with Gasteiger partial charge in [0.1, 0.15) is 18.4 Å². The summed E-state index contributed by atoms with van der Waals surface area (Å²) < 4.78 is 7.97. The Morgan fingerprint density at radius 2 is 1.90 bits per heavy atom. The highest BCUT2D eigenvalue weighted by atomic mass is 32.1. The van der Waals surface area contributed by atoms with E-state index in [1.54, 1.807) is 4.57 Å². The molecule has 6 nitrogen and oxygen atoms in total. The van der Waals surface area contributed by atoms with Gasteiger partial charge in [-0.05, 0) is 53.4 Å². The number of carbonyl (C=O) groups excluding carboxylic acids is 1. The number of para-hydroxylation sites is 1. The molecular weight excluding hydrogens is 539 g/mol. The van der Waals surface area contributed by atoms with Crippen molar-refractivity contribution in [2.24, 2.45) is 4.99 Å². The van der Waals surface area contributed by atoms with Crippen LogP contribution in [0.4, 0.5) is 5.69 Å². The molecule has 6 rings (SSSR count). The third-order valence-corrected chi connectivity index (χ3v) is 8.54. The van der Waals surface area contributed by atoms with Crippen LogP contribution in [0.5, 0.6) is 5.75 Å². The maximum absolute atomic E-state index is 14.1. The van der Waals surface area contributed by atoms with Gasteiger partial charge in [0.25, 0.3) is 11.5 Å². The number of hydrogen-bond donors (Lipinski definition) is 1. The molecule has 1 amide bonds. The second kappa shape index (κ2) is 10.8. The molecule has 0 aliphatic carbocycles. The van der Waals surface area contributed by atoms with Crippen molar-refractivity contribution in [3.8, 4) is 18.1 Å². The van der Waals surface area contributed by atoms with Crippen LogP contribution in [0.15, 0.2) is 105 Å². The van der Waals surface area contributed by atoms with Crippen molar-refractivity contribution < 1.29 is 9.53 Å². The second-order valence-electron chi connectivity index (χ2n) is 9.11. The minimum atomic E-state index is -0.605. The molecule has 2 aromatic heterocycles. The van der Waals surface area contributed by atoms with Crippen molar-refractivity contribution in [2.45, 2.75) is 13.0 Å². The molecular formula is C32H23N3O3S2. The van der Waals surface area contributed by atoms with Crippen LogP contribution in [0, 0.1) is 12.3 Å². The lowest BCUT2D eigenvalue weighted by molar-refractivity contribution is -0.113. The third-order valence-electron chi connectivity index (χ3n) is 6.63. The van der Waals surface area contributed by atoms with Crippen molar-refractivity contribution in [3.05, 3.63) is 126 Å². The first-order chi connectivity index (χ1) is 19.5. The number of thiazole rings is 1. The Morgan fingerprint density at radius 3 is 2.67 bits per heavy atom. The van der Waals surface area contributed by atoms with Crippen molar-refractivity contribution in [3.63, 3.8) is 0 Å². The largest absolute Gasteiger partial charge is 0.480 e. The Labute approximate surface area is 238 Å². The number of ether oxygens (including phenoxy) is 1. The zero-order valence-corrected chi connectivity index (χ0v) is 23.1.